The first kappa shape index (κ1) is 14.4. The summed E-state index contributed by atoms with van der Waals surface area (Å²) in [7, 11) is 0. The van der Waals surface area contributed by atoms with Crippen molar-refractivity contribution in [1.82, 2.24) is 0 Å². The van der Waals surface area contributed by atoms with Gasteiger partial charge in [0, 0.05) is 5.56 Å². The lowest BCUT2D eigenvalue weighted by molar-refractivity contribution is 0.157. The Balaban J connectivity index is 2.68. The van der Waals surface area contributed by atoms with Crippen LogP contribution in [0, 0.1) is 17.6 Å². The topological polar surface area (TPSA) is 20.2 Å². The second-order valence-electron chi connectivity index (χ2n) is 4.63. The molecule has 17 heavy (non-hydrogen) atoms. The van der Waals surface area contributed by atoms with Crippen LogP contribution in [0.25, 0.3) is 0 Å². The summed E-state index contributed by atoms with van der Waals surface area (Å²) in [5, 5.41) is 9.52. The first-order valence-corrected chi connectivity index (χ1v) is 6.12. The van der Waals surface area contributed by atoms with Gasteiger partial charge in [-0.15, -0.1) is 0 Å². The molecule has 1 unspecified atom stereocenters. The minimum absolute atomic E-state index is 0.0179. The highest BCUT2D eigenvalue weighted by molar-refractivity contribution is 6.30. The molecule has 0 bridgehead atoms. The first-order chi connectivity index (χ1) is 7.91. The van der Waals surface area contributed by atoms with Gasteiger partial charge in [-0.3, -0.25) is 0 Å². The van der Waals surface area contributed by atoms with Crippen LogP contribution >= 0.6 is 11.6 Å². The highest BCUT2D eigenvalue weighted by Gasteiger charge is 2.16. The summed E-state index contributed by atoms with van der Waals surface area (Å²) in [5.74, 6) is -0.826. The molecule has 0 spiro atoms. The molecule has 0 aliphatic rings. The van der Waals surface area contributed by atoms with E-state index in [2.05, 4.69) is 13.8 Å². The standard InChI is InChI=1S/C13H17ClF2O/c1-8(2)4-3-5-13(17)9-6-12(16)10(14)7-11(9)15/h6-8,13,17H,3-5H2,1-2H3. The highest BCUT2D eigenvalue weighted by Crippen LogP contribution is 2.27. The van der Waals surface area contributed by atoms with Crippen LogP contribution in [0.4, 0.5) is 8.78 Å². The number of hydrogen-bond donors (Lipinski definition) is 1. The van der Waals surface area contributed by atoms with Crippen molar-refractivity contribution in [1.29, 1.82) is 0 Å². The lowest BCUT2D eigenvalue weighted by Crippen LogP contribution is -2.03. The molecule has 0 radical (unpaired) electrons. The first-order valence-electron chi connectivity index (χ1n) is 5.74. The second kappa shape index (κ2) is 6.31. The minimum atomic E-state index is -0.972. The molecule has 0 saturated carbocycles. The normalized spacial score (nSPS) is 13.1. The van der Waals surface area contributed by atoms with Crippen molar-refractivity contribution < 1.29 is 13.9 Å². The molecule has 0 aromatic heterocycles. The number of halogens is 3. The van der Waals surface area contributed by atoms with Crippen molar-refractivity contribution in [2.75, 3.05) is 0 Å². The smallest absolute Gasteiger partial charge is 0.142 e. The fraction of sp³-hybridized carbons (Fsp3) is 0.538. The molecule has 0 aliphatic carbocycles. The fourth-order valence-electron chi connectivity index (χ4n) is 1.67. The summed E-state index contributed by atoms with van der Waals surface area (Å²) in [6.07, 6.45) is 1.19. The summed E-state index contributed by atoms with van der Waals surface area (Å²) >= 11 is 5.44. The van der Waals surface area contributed by atoms with Gasteiger partial charge in [-0.2, -0.15) is 0 Å². The second-order valence-corrected chi connectivity index (χ2v) is 5.04. The fourth-order valence-corrected chi connectivity index (χ4v) is 1.82. The van der Waals surface area contributed by atoms with Crippen LogP contribution < -0.4 is 0 Å². The summed E-state index contributed by atoms with van der Waals surface area (Å²) < 4.78 is 26.6. The zero-order valence-electron chi connectivity index (χ0n) is 10.0. The lowest BCUT2D eigenvalue weighted by Gasteiger charge is -2.13. The third-order valence-electron chi connectivity index (χ3n) is 2.66. The number of aliphatic hydroxyl groups excluding tert-OH is 1. The zero-order valence-corrected chi connectivity index (χ0v) is 10.8. The van der Waals surface area contributed by atoms with Crippen LogP contribution in [0.2, 0.25) is 5.02 Å². The Morgan fingerprint density at radius 1 is 1.18 bits per heavy atom. The number of rotatable bonds is 5. The van der Waals surface area contributed by atoms with E-state index in [1.165, 1.54) is 0 Å². The number of hydrogen-bond acceptors (Lipinski definition) is 1. The Bertz CT molecular complexity index is 380. The van der Waals surface area contributed by atoms with Crippen molar-refractivity contribution in [2.45, 2.75) is 39.2 Å². The summed E-state index contributed by atoms with van der Waals surface area (Å²) in [6.45, 7) is 4.16. The predicted molar refractivity (Wildman–Crippen MR) is 65.0 cm³/mol. The Labute approximate surface area is 105 Å². The Morgan fingerprint density at radius 3 is 2.41 bits per heavy atom. The van der Waals surface area contributed by atoms with E-state index in [9.17, 15) is 13.9 Å². The van der Waals surface area contributed by atoms with Crippen LogP contribution in [0.1, 0.15) is 44.8 Å². The zero-order chi connectivity index (χ0) is 13.0. The van der Waals surface area contributed by atoms with E-state index >= 15 is 0 Å². The Morgan fingerprint density at radius 2 is 1.82 bits per heavy atom. The van der Waals surface area contributed by atoms with E-state index in [1.807, 2.05) is 0 Å². The average molecular weight is 263 g/mol. The molecule has 4 heteroatoms. The maximum Gasteiger partial charge on any atom is 0.142 e. The monoisotopic (exact) mass is 262 g/mol. The average Bonchev–Trinajstić information content (AvgIpc) is 2.22. The molecular formula is C13H17ClF2O. The minimum Gasteiger partial charge on any atom is -0.388 e. The lowest BCUT2D eigenvalue weighted by atomic mass is 10.00. The van der Waals surface area contributed by atoms with E-state index in [0.29, 0.717) is 12.3 Å². The molecule has 1 atom stereocenters. The molecule has 96 valence electrons. The van der Waals surface area contributed by atoms with Gasteiger partial charge in [0.05, 0.1) is 11.1 Å². The summed E-state index contributed by atoms with van der Waals surface area (Å²) in [4.78, 5) is 0. The molecule has 0 aliphatic heterocycles. The van der Waals surface area contributed by atoms with Crippen LogP contribution in [0.15, 0.2) is 12.1 Å². The molecule has 1 nitrogen and oxygen atoms in total. The maximum absolute atomic E-state index is 13.5. The summed E-state index contributed by atoms with van der Waals surface area (Å²) in [6, 6.07) is 1.87. The van der Waals surface area contributed by atoms with Gasteiger partial charge in [0.2, 0.25) is 0 Å². The van der Waals surface area contributed by atoms with Gasteiger partial charge >= 0.3 is 0 Å². The van der Waals surface area contributed by atoms with Gasteiger partial charge in [-0.1, -0.05) is 38.3 Å². The third-order valence-corrected chi connectivity index (χ3v) is 2.95. The SMILES string of the molecule is CC(C)CCCC(O)c1cc(F)c(Cl)cc1F. The van der Waals surface area contributed by atoms with Gasteiger partial charge in [0.15, 0.2) is 0 Å². The Kier molecular flexibility index (Phi) is 5.34. The van der Waals surface area contributed by atoms with Crippen molar-refractivity contribution in [2.24, 2.45) is 5.92 Å². The molecule has 1 aromatic carbocycles. The van der Waals surface area contributed by atoms with Crippen molar-refractivity contribution in [3.8, 4) is 0 Å². The van der Waals surface area contributed by atoms with Gasteiger partial charge < -0.3 is 5.11 Å². The van der Waals surface area contributed by atoms with E-state index < -0.39 is 17.7 Å². The van der Waals surface area contributed by atoms with Crippen LogP contribution in [-0.4, -0.2) is 5.11 Å². The van der Waals surface area contributed by atoms with Crippen molar-refractivity contribution in [3.63, 3.8) is 0 Å². The van der Waals surface area contributed by atoms with Crippen LogP contribution in [0.5, 0.6) is 0 Å². The number of aliphatic hydroxyl groups is 1. The third kappa shape index (κ3) is 4.25. The number of benzene rings is 1. The molecule has 0 amide bonds. The van der Waals surface area contributed by atoms with Crippen LogP contribution in [0.3, 0.4) is 0 Å². The Hall–Kier alpha value is -0.670. The molecule has 1 rings (SSSR count). The predicted octanol–water partition coefficient (Wildman–Crippen LogP) is 4.48. The molecular weight excluding hydrogens is 246 g/mol. The summed E-state index contributed by atoms with van der Waals surface area (Å²) in [5.41, 5.74) is -0.0179. The van der Waals surface area contributed by atoms with E-state index in [-0.39, 0.29) is 10.6 Å². The molecule has 1 aromatic rings. The van der Waals surface area contributed by atoms with Crippen LogP contribution in [-0.2, 0) is 0 Å². The van der Waals surface area contributed by atoms with E-state index in [4.69, 9.17) is 11.6 Å². The quantitative estimate of drug-likeness (QED) is 0.776. The van der Waals surface area contributed by atoms with E-state index in [1.54, 1.807) is 0 Å². The van der Waals surface area contributed by atoms with E-state index in [0.717, 1.165) is 25.0 Å². The molecule has 0 fully saturated rings. The molecule has 1 N–H and O–H groups in total. The van der Waals surface area contributed by atoms with Gasteiger partial charge in [0.1, 0.15) is 11.6 Å². The molecule has 0 heterocycles. The van der Waals surface area contributed by atoms with Gasteiger partial charge in [-0.25, -0.2) is 8.78 Å². The largest absolute Gasteiger partial charge is 0.388 e. The molecule has 0 saturated heterocycles. The maximum atomic E-state index is 13.5. The van der Waals surface area contributed by atoms with Gasteiger partial charge in [0.25, 0.3) is 0 Å². The van der Waals surface area contributed by atoms with Crippen molar-refractivity contribution >= 4 is 11.6 Å². The van der Waals surface area contributed by atoms with Crippen molar-refractivity contribution in [3.05, 3.63) is 34.4 Å². The highest BCUT2D eigenvalue weighted by atomic mass is 35.5. The van der Waals surface area contributed by atoms with Gasteiger partial charge in [-0.05, 0) is 24.5 Å².